The molecule has 1 heterocycles. The summed E-state index contributed by atoms with van der Waals surface area (Å²) in [5.74, 6) is 2.39. The minimum Gasteiger partial charge on any atom is -0.492 e. The highest BCUT2D eigenvalue weighted by Crippen LogP contribution is 2.17. The fourth-order valence-corrected chi connectivity index (χ4v) is 2.04. The van der Waals surface area contributed by atoms with Crippen LogP contribution in [0.5, 0.6) is 5.75 Å². The molecule has 1 atom stereocenters. The van der Waals surface area contributed by atoms with E-state index in [4.69, 9.17) is 9.15 Å². The summed E-state index contributed by atoms with van der Waals surface area (Å²) in [4.78, 5) is 4.19. The van der Waals surface area contributed by atoms with E-state index in [0.29, 0.717) is 12.5 Å². The molecule has 2 rings (SSSR count). The first-order chi connectivity index (χ1) is 9.15. The number of nitrogens with one attached hydrogen (secondary N) is 1. The number of ether oxygens (including phenoxy) is 1. The Labute approximate surface area is 121 Å². The van der Waals surface area contributed by atoms with E-state index in [1.165, 1.54) is 0 Å². The average molecular weight is 325 g/mol. The van der Waals surface area contributed by atoms with Gasteiger partial charge in [0.05, 0.1) is 12.2 Å². The molecule has 0 spiro atoms. The number of hydrogen-bond acceptors (Lipinski definition) is 4. The van der Waals surface area contributed by atoms with Crippen LogP contribution >= 0.6 is 15.9 Å². The van der Waals surface area contributed by atoms with Gasteiger partial charge in [0.1, 0.15) is 18.1 Å². The van der Waals surface area contributed by atoms with E-state index < -0.39 is 0 Å². The number of nitrogens with zero attached hydrogens (tertiary/aromatic N) is 1. The second-order valence-electron chi connectivity index (χ2n) is 4.29. The summed E-state index contributed by atoms with van der Waals surface area (Å²) in [7, 11) is 0. The van der Waals surface area contributed by atoms with Crippen molar-refractivity contribution >= 4 is 15.9 Å². The van der Waals surface area contributed by atoms with Gasteiger partial charge >= 0.3 is 0 Å². The second-order valence-corrected chi connectivity index (χ2v) is 5.21. The number of oxazole rings is 1. The Balaban J connectivity index is 1.72. The number of rotatable bonds is 6. The van der Waals surface area contributed by atoms with Crippen molar-refractivity contribution in [3.63, 3.8) is 0 Å². The van der Waals surface area contributed by atoms with Crippen LogP contribution in [0.2, 0.25) is 0 Å². The van der Waals surface area contributed by atoms with Crippen molar-refractivity contribution in [1.29, 1.82) is 0 Å². The zero-order chi connectivity index (χ0) is 13.7. The Hall–Kier alpha value is -1.33. The lowest BCUT2D eigenvalue weighted by atomic mass is 10.3. The second kappa shape index (κ2) is 6.73. The minimum absolute atomic E-state index is 0.0832. The maximum absolute atomic E-state index is 5.63. The minimum atomic E-state index is 0.0832. The fraction of sp³-hybridized carbons (Fsp3) is 0.357. The SMILES string of the molecule is Cc1cnc(C(C)NCCOc2cccc(Br)c2)o1. The molecular formula is C14H17BrN2O2. The molecule has 19 heavy (non-hydrogen) atoms. The van der Waals surface area contributed by atoms with Crippen LogP contribution < -0.4 is 10.1 Å². The molecule has 2 aromatic rings. The normalized spacial score (nSPS) is 12.4. The third kappa shape index (κ3) is 4.36. The van der Waals surface area contributed by atoms with Crippen molar-refractivity contribution < 1.29 is 9.15 Å². The van der Waals surface area contributed by atoms with Crippen LogP contribution in [-0.4, -0.2) is 18.1 Å². The van der Waals surface area contributed by atoms with Crippen LogP contribution in [0.3, 0.4) is 0 Å². The van der Waals surface area contributed by atoms with E-state index >= 15 is 0 Å². The van der Waals surface area contributed by atoms with Crippen molar-refractivity contribution in [2.45, 2.75) is 19.9 Å². The molecule has 0 bridgehead atoms. The molecule has 1 N–H and O–H groups in total. The first kappa shape index (κ1) is 14.1. The van der Waals surface area contributed by atoms with Gasteiger partial charge in [0.25, 0.3) is 0 Å². The highest BCUT2D eigenvalue weighted by Gasteiger charge is 2.09. The molecule has 5 heteroatoms. The zero-order valence-corrected chi connectivity index (χ0v) is 12.6. The molecule has 0 aliphatic heterocycles. The lowest BCUT2D eigenvalue weighted by molar-refractivity contribution is 0.299. The van der Waals surface area contributed by atoms with E-state index in [-0.39, 0.29) is 6.04 Å². The highest BCUT2D eigenvalue weighted by molar-refractivity contribution is 9.10. The van der Waals surface area contributed by atoms with Crippen molar-refractivity contribution in [3.05, 3.63) is 46.6 Å². The van der Waals surface area contributed by atoms with E-state index in [1.54, 1.807) is 6.20 Å². The topological polar surface area (TPSA) is 47.3 Å². The van der Waals surface area contributed by atoms with Crippen LogP contribution in [0, 0.1) is 6.92 Å². The Morgan fingerprint density at radius 1 is 1.47 bits per heavy atom. The summed E-state index contributed by atoms with van der Waals surface area (Å²) in [6.45, 7) is 5.24. The first-order valence-corrected chi connectivity index (χ1v) is 6.98. The number of benzene rings is 1. The zero-order valence-electron chi connectivity index (χ0n) is 11.0. The van der Waals surface area contributed by atoms with Gasteiger partial charge < -0.3 is 14.5 Å². The van der Waals surface area contributed by atoms with Crippen molar-refractivity contribution in [1.82, 2.24) is 10.3 Å². The van der Waals surface area contributed by atoms with Crippen LogP contribution in [0.4, 0.5) is 0 Å². The number of aryl methyl sites for hydroxylation is 1. The smallest absolute Gasteiger partial charge is 0.211 e. The standard InChI is InChI=1S/C14H17BrN2O2/c1-10-9-17-14(19-10)11(2)16-6-7-18-13-5-3-4-12(15)8-13/h3-5,8-9,11,16H,6-7H2,1-2H3. The van der Waals surface area contributed by atoms with Crippen molar-refractivity contribution in [2.24, 2.45) is 0 Å². The lowest BCUT2D eigenvalue weighted by Gasteiger charge is -2.11. The third-order valence-electron chi connectivity index (χ3n) is 2.63. The number of halogens is 1. The molecule has 0 saturated carbocycles. The summed E-state index contributed by atoms with van der Waals surface area (Å²) >= 11 is 3.41. The molecule has 0 amide bonds. The molecule has 0 saturated heterocycles. The lowest BCUT2D eigenvalue weighted by Crippen LogP contribution is -2.24. The molecular weight excluding hydrogens is 308 g/mol. The maximum atomic E-state index is 5.63. The molecule has 0 aliphatic rings. The molecule has 1 aromatic carbocycles. The predicted molar refractivity (Wildman–Crippen MR) is 77.3 cm³/mol. The molecule has 0 aliphatic carbocycles. The van der Waals surface area contributed by atoms with E-state index in [1.807, 2.05) is 38.1 Å². The van der Waals surface area contributed by atoms with Gasteiger partial charge in [-0.3, -0.25) is 0 Å². The van der Waals surface area contributed by atoms with Crippen LogP contribution in [0.15, 0.2) is 39.4 Å². The fourth-order valence-electron chi connectivity index (χ4n) is 1.66. The van der Waals surface area contributed by atoms with Crippen molar-refractivity contribution in [2.75, 3.05) is 13.2 Å². The largest absolute Gasteiger partial charge is 0.492 e. The molecule has 1 unspecified atom stereocenters. The Kier molecular flexibility index (Phi) is 4.99. The van der Waals surface area contributed by atoms with Gasteiger partial charge in [-0.2, -0.15) is 0 Å². The number of hydrogen-bond donors (Lipinski definition) is 1. The van der Waals surface area contributed by atoms with Crippen molar-refractivity contribution in [3.8, 4) is 5.75 Å². The Bertz CT molecular complexity index is 528. The summed E-state index contributed by atoms with van der Waals surface area (Å²) in [5, 5.41) is 3.30. The first-order valence-electron chi connectivity index (χ1n) is 6.19. The highest BCUT2D eigenvalue weighted by atomic mass is 79.9. The average Bonchev–Trinajstić information content (AvgIpc) is 2.81. The summed E-state index contributed by atoms with van der Waals surface area (Å²) in [6, 6.07) is 7.88. The van der Waals surface area contributed by atoms with E-state index in [0.717, 1.165) is 22.5 Å². The van der Waals surface area contributed by atoms with Gasteiger partial charge in [-0.15, -0.1) is 0 Å². The molecule has 1 aromatic heterocycles. The maximum Gasteiger partial charge on any atom is 0.211 e. The summed E-state index contributed by atoms with van der Waals surface area (Å²) in [5.41, 5.74) is 0. The van der Waals surface area contributed by atoms with Gasteiger partial charge in [-0.1, -0.05) is 22.0 Å². The Morgan fingerprint density at radius 2 is 2.32 bits per heavy atom. The third-order valence-corrected chi connectivity index (χ3v) is 3.12. The summed E-state index contributed by atoms with van der Waals surface area (Å²) in [6.07, 6.45) is 1.73. The van der Waals surface area contributed by atoms with Crippen LogP contribution in [0.1, 0.15) is 24.6 Å². The number of aromatic nitrogens is 1. The van der Waals surface area contributed by atoms with E-state index in [2.05, 4.69) is 26.2 Å². The Morgan fingerprint density at radius 3 is 3.00 bits per heavy atom. The molecule has 0 fully saturated rings. The molecule has 0 radical (unpaired) electrons. The molecule has 102 valence electrons. The van der Waals surface area contributed by atoms with Gasteiger partial charge in [0.2, 0.25) is 5.89 Å². The van der Waals surface area contributed by atoms with E-state index in [9.17, 15) is 0 Å². The predicted octanol–water partition coefficient (Wildman–Crippen LogP) is 3.48. The summed E-state index contributed by atoms with van der Waals surface area (Å²) < 4.78 is 12.1. The van der Waals surface area contributed by atoms with Gasteiger partial charge in [-0.05, 0) is 32.0 Å². The van der Waals surface area contributed by atoms with Gasteiger partial charge in [-0.25, -0.2) is 4.98 Å². The molecule has 4 nitrogen and oxygen atoms in total. The van der Waals surface area contributed by atoms with Crippen LogP contribution in [-0.2, 0) is 0 Å². The quantitative estimate of drug-likeness (QED) is 0.826. The van der Waals surface area contributed by atoms with Gasteiger partial charge in [0.15, 0.2) is 0 Å². The van der Waals surface area contributed by atoms with Gasteiger partial charge in [0, 0.05) is 11.0 Å². The van der Waals surface area contributed by atoms with Crippen LogP contribution in [0.25, 0.3) is 0 Å². The monoisotopic (exact) mass is 324 g/mol.